The number of rotatable bonds is 1. The van der Waals surface area contributed by atoms with Crippen LogP contribution in [0, 0.1) is 0 Å². The van der Waals surface area contributed by atoms with Crippen LogP contribution in [0.5, 0.6) is 0 Å². The highest BCUT2D eigenvalue weighted by molar-refractivity contribution is 5.62. The number of hydrogen-bond acceptors (Lipinski definition) is 3. The lowest BCUT2D eigenvalue weighted by Gasteiger charge is -2.26. The van der Waals surface area contributed by atoms with Crippen molar-refractivity contribution in [2.75, 3.05) is 13.1 Å². The molecule has 0 saturated carbocycles. The Morgan fingerprint density at radius 1 is 1.44 bits per heavy atom. The maximum absolute atomic E-state index is 10.2. The Morgan fingerprint density at radius 2 is 2.00 bits per heavy atom. The summed E-state index contributed by atoms with van der Waals surface area (Å²) < 4.78 is 0. The largest absolute Gasteiger partial charge is 0.382 e. The van der Waals surface area contributed by atoms with Crippen molar-refractivity contribution >= 4 is 6.29 Å². The molecule has 0 radical (unpaired) electrons. The van der Waals surface area contributed by atoms with E-state index in [1.54, 1.807) is 0 Å². The highest BCUT2D eigenvalue weighted by atomic mass is 16.3. The highest BCUT2D eigenvalue weighted by Crippen LogP contribution is 2.13. The second-order valence-corrected chi connectivity index (χ2v) is 2.47. The van der Waals surface area contributed by atoms with E-state index in [4.69, 9.17) is 0 Å². The van der Waals surface area contributed by atoms with Gasteiger partial charge in [0.25, 0.3) is 0 Å². The van der Waals surface area contributed by atoms with Crippen LogP contribution in [-0.2, 0) is 4.79 Å². The smallest absolute Gasteiger partial charge is 0.151 e. The molecular formula is C6H11NO2. The van der Waals surface area contributed by atoms with Gasteiger partial charge in [0, 0.05) is 0 Å². The van der Waals surface area contributed by atoms with Gasteiger partial charge < -0.3 is 15.2 Å². The zero-order chi connectivity index (χ0) is 6.74. The second-order valence-electron chi connectivity index (χ2n) is 2.47. The van der Waals surface area contributed by atoms with Gasteiger partial charge in [0.2, 0.25) is 0 Å². The van der Waals surface area contributed by atoms with Gasteiger partial charge in [-0.05, 0) is 25.9 Å². The molecule has 52 valence electrons. The Bertz CT molecular complexity index is 108. The van der Waals surface area contributed by atoms with Crippen LogP contribution in [0.15, 0.2) is 0 Å². The minimum absolute atomic E-state index is 0.552. The van der Waals surface area contributed by atoms with Gasteiger partial charge in [-0.15, -0.1) is 0 Å². The zero-order valence-corrected chi connectivity index (χ0v) is 5.26. The number of nitrogens with one attached hydrogen (secondary N) is 1. The van der Waals surface area contributed by atoms with Crippen molar-refractivity contribution < 1.29 is 9.90 Å². The first-order valence-electron chi connectivity index (χ1n) is 3.16. The molecular weight excluding hydrogens is 118 g/mol. The summed E-state index contributed by atoms with van der Waals surface area (Å²) in [4.78, 5) is 10.2. The summed E-state index contributed by atoms with van der Waals surface area (Å²) in [5.74, 6) is 0. The van der Waals surface area contributed by atoms with E-state index in [2.05, 4.69) is 5.32 Å². The van der Waals surface area contributed by atoms with Crippen LogP contribution in [0.2, 0.25) is 0 Å². The SMILES string of the molecule is O=CC1(O)CCNCC1. The third-order valence-electron chi connectivity index (χ3n) is 1.69. The molecule has 3 heteroatoms. The van der Waals surface area contributed by atoms with E-state index in [-0.39, 0.29) is 0 Å². The molecule has 0 aromatic heterocycles. The van der Waals surface area contributed by atoms with E-state index in [0.717, 1.165) is 13.1 Å². The first kappa shape index (κ1) is 6.71. The number of carbonyl (C=O) groups excluding carboxylic acids is 1. The number of hydrogen-bond donors (Lipinski definition) is 2. The molecule has 0 aromatic rings. The lowest BCUT2D eigenvalue weighted by atomic mass is 9.95. The molecule has 2 N–H and O–H groups in total. The molecule has 0 atom stereocenters. The normalized spacial score (nSPS) is 25.4. The van der Waals surface area contributed by atoms with Crippen molar-refractivity contribution in [3.8, 4) is 0 Å². The van der Waals surface area contributed by atoms with Gasteiger partial charge in [-0.3, -0.25) is 0 Å². The van der Waals surface area contributed by atoms with Crippen molar-refractivity contribution in [2.24, 2.45) is 0 Å². The molecule has 1 heterocycles. The lowest BCUT2D eigenvalue weighted by Crippen LogP contribution is -2.42. The summed E-state index contributed by atoms with van der Waals surface area (Å²) in [5, 5.41) is 12.3. The van der Waals surface area contributed by atoms with Crippen molar-refractivity contribution in [1.82, 2.24) is 5.32 Å². The maximum Gasteiger partial charge on any atom is 0.151 e. The fraction of sp³-hybridized carbons (Fsp3) is 0.833. The summed E-state index contributed by atoms with van der Waals surface area (Å²) >= 11 is 0. The van der Waals surface area contributed by atoms with E-state index in [0.29, 0.717) is 19.1 Å². The monoisotopic (exact) mass is 129 g/mol. The maximum atomic E-state index is 10.2. The summed E-state index contributed by atoms with van der Waals surface area (Å²) in [6, 6.07) is 0. The average Bonchev–Trinajstić information content (AvgIpc) is 1.90. The fourth-order valence-electron chi connectivity index (χ4n) is 0.978. The van der Waals surface area contributed by atoms with E-state index < -0.39 is 5.60 Å². The average molecular weight is 129 g/mol. The molecule has 0 spiro atoms. The molecule has 1 fully saturated rings. The quantitative estimate of drug-likeness (QED) is 0.460. The summed E-state index contributed by atoms with van der Waals surface area (Å²) in [6.07, 6.45) is 1.75. The number of piperidine rings is 1. The number of aliphatic hydroxyl groups is 1. The molecule has 3 nitrogen and oxygen atoms in total. The molecule has 0 unspecified atom stereocenters. The van der Waals surface area contributed by atoms with Crippen LogP contribution in [-0.4, -0.2) is 30.1 Å². The predicted octanol–water partition coefficient (Wildman–Crippen LogP) is -0.700. The molecule has 0 amide bonds. The van der Waals surface area contributed by atoms with E-state index in [9.17, 15) is 9.90 Å². The Kier molecular flexibility index (Phi) is 1.83. The highest BCUT2D eigenvalue weighted by Gasteiger charge is 2.27. The first-order chi connectivity index (χ1) is 4.27. The predicted molar refractivity (Wildman–Crippen MR) is 33.1 cm³/mol. The standard InChI is InChI=1S/C6H11NO2/c8-5-6(9)1-3-7-4-2-6/h5,7,9H,1-4H2. The first-order valence-corrected chi connectivity index (χ1v) is 3.16. The minimum atomic E-state index is -1.02. The fourth-order valence-corrected chi connectivity index (χ4v) is 0.978. The van der Waals surface area contributed by atoms with Gasteiger partial charge >= 0.3 is 0 Å². The number of aldehydes is 1. The molecule has 1 rings (SSSR count). The van der Waals surface area contributed by atoms with Crippen LogP contribution < -0.4 is 5.32 Å². The summed E-state index contributed by atoms with van der Waals surface area (Å²) in [7, 11) is 0. The van der Waals surface area contributed by atoms with Crippen LogP contribution >= 0.6 is 0 Å². The summed E-state index contributed by atoms with van der Waals surface area (Å²) in [6.45, 7) is 1.49. The molecule has 1 aliphatic rings. The zero-order valence-electron chi connectivity index (χ0n) is 5.26. The van der Waals surface area contributed by atoms with Gasteiger partial charge in [0.1, 0.15) is 5.60 Å². The van der Waals surface area contributed by atoms with Gasteiger partial charge in [-0.1, -0.05) is 0 Å². The Balaban J connectivity index is 2.46. The van der Waals surface area contributed by atoms with E-state index in [1.807, 2.05) is 0 Å². The molecule has 9 heavy (non-hydrogen) atoms. The van der Waals surface area contributed by atoms with Crippen molar-refractivity contribution in [2.45, 2.75) is 18.4 Å². The Labute approximate surface area is 54.1 Å². The van der Waals surface area contributed by atoms with E-state index >= 15 is 0 Å². The molecule has 0 aromatic carbocycles. The molecule has 0 aliphatic carbocycles. The van der Waals surface area contributed by atoms with Gasteiger partial charge in [-0.2, -0.15) is 0 Å². The summed E-state index contributed by atoms with van der Waals surface area (Å²) in [5.41, 5.74) is -1.02. The Hall–Kier alpha value is -0.410. The van der Waals surface area contributed by atoms with Gasteiger partial charge in [0.05, 0.1) is 0 Å². The van der Waals surface area contributed by atoms with E-state index in [1.165, 1.54) is 0 Å². The van der Waals surface area contributed by atoms with Crippen LogP contribution in [0.25, 0.3) is 0 Å². The van der Waals surface area contributed by atoms with Gasteiger partial charge in [0.15, 0.2) is 6.29 Å². The lowest BCUT2D eigenvalue weighted by molar-refractivity contribution is -0.126. The Morgan fingerprint density at radius 3 is 2.33 bits per heavy atom. The third kappa shape index (κ3) is 1.50. The van der Waals surface area contributed by atoms with Crippen molar-refractivity contribution in [3.63, 3.8) is 0 Å². The molecule has 1 saturated heterocycles. The topological polar surface area (TPSA) is 49.3 Å². The van der Waals surface area contributed by atoms with Gasteiger partial charge in [-0.25, -0.2) is 0 Å². The molecule has 1 aliphatic heterocycles. The number of carbonyl (C=O) groups is 1. The van der Waals surface area contributed by atoms with Crippen molar-refractivity contribution in [1.29, 1.82) is 0 Å². The van der Waals surface area contributed by atoms with Crippen molar-refractivity contribution in [3.05, 3.63) is 0 Å². The second kappa shape index (κ2) is 2.45. The van der Waals surface area contributed by atoms with Crippen LogP contribution in [0.3, 0.4) is 0 Å². The van der Waals surface area contributed by atoms with Crippen LogP contribution in [0.4, 0.5) is 0 Å². The third-order valence-corrected chi connectivity index (χ3v) is 1.69. The minimum Gasteiger partial charge on any atom is -0.382 e. The molecule has 0 bridgehead atoms. The van der Waals surface area contributed by atoms with Crippen LogP contribution in [0.1, 0.15) is 12.8 Å².